The van der Waals surface area contributed by atoms with Crippen LogP contribution in [0.15, 0.2) is 63.4 Å². The third-order valence-electron chi connectivity index (χ3n) is 6.67. The molecule has 2 aromatic rings. The maximum atomic E-state index is 13.8. The summed E-state index contributed by atoms with van der Waals surface area (Å²) in [7, 11) is 3.08. The number of Topliss-reactive ketones (excluding diaryl/α,β-unsaturated/α-hetero) is 1. The lowest BCUT2D eigenvalue weighted by atomic mass is 9.71. The molecule has 0 fully saturated rings. The molecule has 190 valence electrons. The molecule has 7 nitrogen and oxygen atoms in total. The zero-order chi connectivity index (χ0) is 26.0. The van der Waals surface area contributed by atoms with Crippen molar-refractivity contribution in [1.29, 1.82) is 0 Å². The number of aromatic hydroxyl groups is 1. The molecule has 0 saturated carbocycles. The molecule has 0 saturated heterocycles. The number of halogens is 1. The minimum Gasteiger partial charge on any atom is -0.503 e. The average Bonchev–Trinajstić information content (AvgIpc) is 2.87. The van der Waals surface area contributed by atoms with Gasteiger partial charge in [0.1, 0.15) is 5.75 Å². The molecule has 2 aliphatic rings. The van der Waals surface area contributed by atoms with Gasteiger partial charge in [0.25, 0.3) is 0 Å². The van der Waals surface area contributed by atoms with E-state index in [1.165, 1.54) is 7.11 Å². The number of phenolic OH excluding ortho intramolecular Hbond substituents is 1. The molecule has 0 radical (unpaired) electrons. The van der Waals surface area contributed by atoms with E-state index in [0.717, 1.165) is 17.0 Å². The van der Waals surface area contributed by atoms with Gasteiger partial charge in [-0.2, -0.15) is 0 Å². The van der Waals surface area contributed by atoms with Crippen molar-refractivity contribution in [2.45, 2.75) is 44.9 Å². The number of ether oxygens (including phenoxy) is 3. The van der Waals surface area contributed by atoms with Crippen LogP contribution in [0.25, 0.3) is 0 Å². The van der Waals surface area contributed by atoms with Gasteiger partial charge in [0.15, 0.2) is 17.3 Å². The topological polar surface area (TPSA) is 94.1 Å². The highest BCUT2D eigenvalue weighted by Crippen LogP contribution is 2.49. The largest absolute Gasteiger partial charge is 0.503 e. The quantitative estimate of drug-likeness (QED) is 0.436. The fourth-order valence-corrected chi connectivity index (χ4v) is 5.51. The second kappa shape index (κ2) is 10.8. The summed E-state index contributed by atoms with van der Waals surface area (Å²) in [6.45, 7) is 4.03. The summed E-state index contributed by atoms with van der Waals surface area (Å²) in [4.78, 5) is 27.0. The van der Waals surface area contributed by atoms with E-state index in [9.17, 15) is 14.7 Å². The normalized spacial score (nSPS) is 19.5. The van der Waals surface area contributed by atoms with Crippen molar-refractivity contribution < 1.29 is 28.9 Å². The summed E-state index contributed by atoms with van der Waals surface area (Å²) in [6.07, 6.45) is 1.55. The number of ketones is 1. The lowest BCUT2D eigenvalue weighted by Gasteiger charge is -2.37. The number of rotatable bonds is 7. The summed E-state index contributed by atoms with van der Waals surface area (Å²) in [5.41, 5.74) is 3.96. The van der Waals surface area contributed by atoms with Crippen molar-refractivity contribution in [3.63, 3.8) is 0 Å². The SMILES string of the molecule is CCCOC(=O)C1=C(C)NC2=C(C(=O)C[C@H](c3ccccc3OC)C2)[C@@H]1c1cc(Br)c(O)c(OC)c1. The molecule has 2 N–H and O–H groups in total. The third kappa shape index (κ3) is 4.74. The van der Waals surface area contributed by atoms with Gasteiger partial charge in [0.05, 0.1) is 30.9 Å². The number of phenols is 1. The number of para-hydroxylation sites is 1. The lowest BCUT2D eigenvalue weighted by molar-refractivity contribution is -0.139. The van der Waals surface area contributed by atoms with E-state index in [2.05, 4.69) is 21.2 Å². The molecule has 0 spiro atoms. The Labute approximate surface area is 219 Å². The maximum Gasteiger partial charge on any atom is 0.336 e. The van der Waals surface area contributed by atoms with Crippen molar-refractivity contribution in [2.75, 3.05) is 20.8 Å². The molecule has 0 aromatic heterocycles. The maximum absolute atomic E-state index is 13.8. The van der Waals surface area contributed by atoms with Gasteiger partial charge < -0.3 is 24.6 Å². The Balaban J connectivity index is 1.85. The average molecular weight is 556 g/mol. The van der Waals surface area contributed by atoms with E-state index in [4.69, 9.17) is 14.2 Å². The zero-order valence-corrected chi connectivity index (χ0v) is 22.4. The van der Waals surface area contributed by atoms with Crippen molar-refractivity contribution in [2.24, 2.45) is 0 Å². The second-order valence-corrected chi connectivity index (χ2v) is 9.80. The summed E-state index contributed by atoms with van der Waals surface area (Å²) in [5.74, 6) is -0.316. The Bertz CT molecular complexity index is 1260. The standard InChI is InChI=1S/C28H30BrNO6/c1-5-10-36-28(33)24-15(2)30-20-12-16(18-8-6-7-9-22(18)34-3)13-21(31)26(20)25(24)17-11-19(29)27(32)23(14-17)35-4/h6-9,11,14,16,25,30,32H,5,10,12-13H2,1-4H3/t16-,25-/m1/s1. The Morgan fingerprint density at radius 1 is 1.14 bits per heavy atom. The summed E-state index contributed by atoms with van der Waals surface area (Å²) < 4.78 is 16.8. The minimum absolute atomic E-state index is 0.0496. The number of hydrogen-bond donors (Lipinski definition) is 2. The second-order valence-electron chi connectivity index (χ2n) is 8.95. The summed E-state index contributed by atoms with van der Waals surface area (Å²) >= 11 is 3.38. The smallest absolute Gasteiger partial charge is 0.336 e. The van der Waals surface area contributed by atoms with Crippen LogP contribution in [0.1, 0.15) is 56.1 Å². The van der Waals surface area contributed by atoms with Gasteiger partial charge in [-0.3, -0.25) is 4.79 Å². The first-order chi connectivity index (χ1) is 17.3. The molecule has 36 heavy (non-hydrogen) atoms. The Morgan fingerprint density at radius 2 is 1.86 bits per heavy atom. The van der Waals surface area contributed by atoms with Crippen molar-refractivity contribution >= 4 is 27.7 Å². The van der Waals surface area contributed by atoms with Gasteiger partial charge in [-0.25, -0.2) is 4.79 Å². The van der Waals surface area contributed by atoms with Gasteiger partial charge in [0, 0.05) is 35.2 Å². The van der Waals surface area contributed by atoms with Crippen molar-refractivity contribution in [3.8, 4) is 17.2 Å². The first-order valence-electron chi connectivity index (χ1n) is 11.9. The molecule has 4 rings (SSSR count). The van der Waals surface area contributed by atoms with Crippen molar-refractivity contribution in [1.82, 2.24) is 5.32 Å². The number of carbonyl (C=O) groups excluding carboxylic acids is 2. The van der Waals surface area contributed by atoms with Crippen LogP contribution in [-0.2, 0) is 14.3 Å². The molecular formula is C28H30BrNO6. The van der Waals surface area contributed by atoms with E-state index >= 15 is 0 Å². The first-order valence-corrected chi connectivity index (χ1v) is 12.7. The third-order valence-corrected chi connectivity index (χ3v) is 7.27. The van der Waals surface area contributed by atoms with E-state index in [1.807, 2.05) is 38.1 Å². The van der Waals surface area contributed by atoms with Crippen LogP contribution in [0.5, 0.6) is 17.2 Å². The van der Waals surface area contributed by atoms with Gasteiger partial charge in [-0.1, -0.05) is 25.1 Å². The Kier molecular flexibility index (Phi) is 7.73. The van der Waals surface area contributed by atoms with Gasteiger partial charge in [-0.05, 0) is 65.0 Å². The highest BCUT2D eigenvalue weighted by Gasteiger charge is 2.42. The van der Waals surface area contributed by atoms with E-state index in [-0.39, 0.29) is 36.2 Å². The molecular weight excluding hydrogens is 526 g/mol. The van der Waals surface area contributed by atoms with Crippen LogP contribution < -0.4 is 14.8 Å². The molecule has 8 heteroatoms. The fourth-order valence-electron chi connectivity index (χ4n) is 5.06. The summed E-state index contributed by atoms with van der Waals surface area (Å²) in [5, 5.41) is 13.7. The fraction of sp³-hybridized carbons (Fsp3) is 0.357. The number of allylic oxidation sites excluding steroid dienone is 3. The number of hydrogen-bond acceptors (Lipinski definition) is 7. The van der Waals surface area contributed by atoms with Crippen LogP contribution in [0, 0.1) is 0 Å². The van der Waals surface area contributed by atoms with E-state index in [1.54, 1.807) is 19.2 Å². The van der Waals surface area contributed by atoms with Gasteiger partial charge in [-0.15, -0.1) is 0 Å². The van der Waals surface area contributed by atoms with Crippen molar-refractivity contribution in [3.05, 3.63) is 74.5 Å². The van der Waals surface area contributed by atoms with Crippen LogP contribution in [0.4, 0.5) is 0 Å². The molecule has 1 aliphatic heterocycles. The lowest BCUT2D eigenvalue weighted by Crippen LogP contribution is -2.36. The van der Waals surface area contributed by atoms with E-state index in [0.29, 0.717) is 39.7 Å². The molecule has 1 aliphatic carbocycles. The number of esters is 1. The Morgan fingerprint density at radius 3 is 2.56 bits per heavy atom. The highest BCUT2D eigenvalue weighted by atomic mass is 79.9. The first kappa shape index (κ1) is 25.8. The number of benzene rings is 2. The molecule has 2 aromatic carbocycles. The van der Waals surface area contributed by atoms with Crippen LogP contribution in [0.2, 0.25) is 0 Å². The van der Waals surface area contributed by atoms with Gasteiger partial charge in [0.2, 0.25) is 0 Å². The number of nitrogens with one attached hydrogen (secondary N) is 1. The number of methoxy groups -OCH3 is 2. The van der Waals surface area contributed by atoms with Crippen LogP contribution in [0.3, 0.4) is 0 Å². The molecule has 1 heterocycles. The van der Waals surface area contributed by atoms with Crippen LogP contribution >= 0.6 is 15.9 Å². The number of carbonyl (C=O) groups is 2. The van der Waals surface area contributed by atoms with E-state index < -0.39 is 11.9 Å². The highest BCUT2D eigenvalue weighted by molar-refractivity contribution is 9.10. The predicted molar refractivity (Wildman–Crippen MR) is 139 cm³/mol. The van der Waals surface area contributed by atoms with Crippen LogP contribution in [-0.4, -0.2) is 37.7 Å². The molecule has 0 unspecified atom stereocenters. The molecule has 0 amide bonds. The minimum atomic E-state index is -0.664. The number of dihydropyridines is 1. The zero-order valence-electron chi connectivity index (χ0n) is 20.8. The molecule has 0 bridgehead atoms. The Hall–Kier alpha value is -3.26. The van der Waals surface area contributed by atoms with Gasteiger partial charge >= 0.3 is 5.97 Å². The molecule has 2 atom stereocenters. The summed E-state index contributed by atoms with van der Waals surface area (Å²) in [6, 6.07) is 11.1. The monoisotopic (exact) mass is 555 g/mol. The predicted octanol–water partition coefficient (Wildman–Crippen LogP) is 5.49.